The fourth-order valence-corrected chi connectivity index (χ4v) is 2.49. The Kier molecular flexibility index (Phi) is 3.42. The summed E-state index contributed by atoms with van der Waals surface area (Å²) in [6.45, 7) is 0. The molecule has 1 saturated carbocycles. The Bertz CT molecular complexity index is 605. The third-order valence-electron chi connectivity index (χ3n) is 3.74. The van der Waals surface area contributed by atoms with Gasteiger partial charge in [-0.3, -0.25) is 4.79 Å². The summed E-state index contributed by atoms with van der Waals surface area (Å²) >= 11 is 0. The van der Waals surface area contributed by atoms with E-state index in [2.05, 4.69) is 17.4 Å². The molecular formula is C17H18N2O. The quantitative estimate of drug-likeness (QED) is 0.835. The number of nitrogens with two attached hydrogens (primary N) is 1. The molecule has 0 bridgehead atoms. The molecule has 2 aromatic rings. The van der Waals surface area contributed by atoms with E-state index < -0.39 is 0 Å². The second-order valence-electron chi connectivity index (χ2n) is 5.29. The van der Waals surface area contributed by atoms with Gasteiger partial charge in [0, 0.05) is 5.69 Å². The lowest BCUT2D eigenvalue weighted by Crippen LogP contribution is -2.30. The van der Waals surface area contributed by atoms with E-state index >= 15 is 0 Å². The van der Waals surface area contributed by atoms with Crippen LogP contribution in [0.2, 0.25) is 0 Å². The first-order valence-corrected chi connectivity index (χ1v) is 6.96. The molecule has 1 fully saturated rings. The normalized spacial score (nSPS) is 15.6. The van der Waals surface area contributed by atoms with Crippen molar-refractivity contribution in [2.75, 3.05) is 5.73 Å². The molecule has 20 heavy (non-hydrogen) atoms. The van der Waals surface area contributed by atoms with Crippen LogP contribution in [0.3, 0.4) is 0 Å². The number of carbonyl (C=O) groups excluding carboxylic acids is 1. The molecule has 3 heteroatoms. The molecule has 102 valence electrons. The van der Waals surface area contributed by atoms with Gasteiger partial charge in [0.05, 0.1) is 11.6 Å². The number of benzene rings is 2. The molecule has 0 aromatic heterocycles. The summed E-state index contributed by atoms with van der Waals surface area (Å²) in [6, 6.07) is 17.4. The van der Waals surface area contributed by atoms with Crippen molar-refractivity contribution in [1.82, 2.24) is 5.32 Å². The molecule has 1 atom stereocenters. The number of hydrogen-bond donors (Lipinski definition) is 2. The van der Waals surface area contributed by atoms with Crippen LogP contribution in [0.1, 0.15) is 34.8 Å². The highest BCUT2D eigenvalue weighted by molar-refractivity contribution is 5.99. The van der Waals surface area contributed by atoms with Crippen molar-refractivity contribution in [2.45, 2.75) is 18.9 Å². The molecule has 3 nitrogen and oxygen atoms in total. The van der Waals surface area contributed by atoms with Crippen molar-refractivity contribution in [3.05, 3.63) is 65.7 Å². The number of carbonyl (C=O) groups is 1. The predicted octanol–water partition coefficient (Wildman–Crippen LogP) is 3.15. The number of rotatable bonds is 4. The van der Waals surface area contributed by atoms with Gasteiger partial charge < -0.3 is 11.1 Å². The SMILES string of the molecule is Nc1ccccc1C(=O)NC(c1ccccc1)C1CC1. The van der Waals surface area contributed by atoms with Gasteiger partial charge in [0.2, 0.25) is 0 Å². The van der Waals surface area contributed by atoms with Gasteiger partial charge in [0.15, 0.2) is 0 Å². The molecule has 1 unspecified atom stereocenters. The molecular weight excluding hydrogens is 248 g/mol. The van der Waals surface area contributed by atoms with Crippen LogP contribution in [0, 0.1) is 5.92 Å². The maximum atomic E-state index is 12.4. The van der Waals surface area contributed by atoms with Crippen LogP contribution in [-0.2, 0) is 0 Å². The van der Waals surface area contributed by atoms with Crippen LogP contribution in [-0.4, -0.2) is 5.91 Å². The van der Waals surface area contributed by atoms with Crippen molar-refractivity contribution in [2.24, 2.45) is 5.92 Å². The standard InChI is InChI=1S/C17H18N2O/c18-15-9-5-4-8-14(15)17(20)19-16(13-10-11-13)12-6-2-1-3-7-12/h1-9,13,16H,10-11,18H2,(H,19,20). The largest absolute Gasteiger partial charge is 0.398 e. The molecule has 0 aliphatic heterocycles. The predicted molar refractivity (Wildman–Crippen MR) is 80.2 cm³/mol. The van der Waals surface area contributed by atoms with E-state index in [-0.39, 0.29) is 11.9 Å². The zero-order chi connectivity index (χ0) is 13.9. The molecule has 3 rings (SSSR count). The molecule has 0 heterocycles. The molecule has 0 saturated heterocycles. The monoisotopic (exact) mass is 266 g/mol. The van der Waals surface area contributed by atoms with Gasteiger partial charge in [-0.05, 0) is 36.5 Å². The average Bonchev–Trinajstić information content (AvgIpc) is 3.30. The van der Waals surface area contributed by atoms with Crippen molar-refractivity contribution in [3.8, 4) is 0 Å². The average molecular weight is 266 g/mol. The highest BCUT2D eigenvalue weighted by Gasteiger charge is 2.33. The second kappa shape index (κ2) is 5.37. The molecule has 0 spiro atoms. The van der Waals surface area contributed by atoms with Crippen molar-refractivity contribution in [1.29, 1.82) is 0 Å². The minimum Gasteiger partial charge on any atom is -0.398 e. The van der Waals surface area contributed by atoms with Crippen LogP contribution in [0.25, 0.3) is 0 Å². The molecule has 3 N–H and O–H groups in total. The van der Waals surface area contributed by atoms with Crippen molar-refractivity contribution < 1.29 is 4.79 Å². The summed E-state index contributed by atoms with van der Waals surface area (Å²) in [4.78, 5) is 12.4. The molecule has 2 aromatic carbocycles. The molecule has 1 aliphatic carbocycles. The van der Waals surface area contributed by atoms with Gasteiger partial charge in [-0.15, -0.1) is 0 Å². The van der Waals surface area contributed by atoms with Crippen molar-refractivity contribution >= 4 is 11.6 Å². The van der Waals surface area contributed by atoms with E-state index in [1.54, 1.807) is 12.1 Å². The van der Waals surface area contributed by atoms with Crippen LogP contribution in [0.4, 0.5) is 5.69 Å². The Labute approximate surface area is 118 Å². The third kappa shape index (κ3) is 2.67. The number of para-hydroxylation sites is 1. The maximum absolute atomic E-state index is 12.4. The van der Waals surface area contributed by atoms with Gasteiger partial charge in [-0.1, -0.05) is 42.5 Å². The Morgan fingerprint density at radius 2 is 1.70 bits per heavy atom. The minimum absolute atomic E-state index is 0.0864. The second-order valence-corrected chi connectivity index (χ2v) is 5.29. The first kappa shape index (κ1) is 12.7. The number of amides is 1. The number of nitrogen functional groups attached to an aromatic ring is 1. The van der Waals surface area contributed by atoms with Gasteiger partial charge in [0.1, 0.15) is 0 Å². The fraction of sp³-hybridized carbons (Fsp3) is 0.235. The third-order valence-corrected chi connectivity index (χ3v) is 3.74. The van der Waals surface area contributed by atoms with Crippen LogP contribution in [0.5, 0.6) is 0 Å². The van der Waals surface area contributed by atoms with Gasteiger partial charge in [0.25, 0.3) is 5.91 Å². The Morgan fingerprint density at radius 3 is 2.35 bits per heavy atom. The van der Waals surface area contributed by atoms with E-state index in [9.17, 15) is 4.79 Å². The van der Waals surface area contributed by atoms with E-state index in [0.29, 0.717) is 17.2 Å². The maximum Gasteiger partial charge on any atom is 0.253 e. The summed E-state index contributed by atoms with van der Waals surface area (Å²) in [7, 11) is 0. The zero-order valence-electron chi connectivity index (χ0n) is 11.3. The Hall–Kier alpha value is -2.29. The highest BCUT2D eigenvalue weighted by atomic mass is 16.1. The van der Waals surface area contributed by atoms with E-state index in [0.717, 1.165) is 5.56 Å². The van der Waals surface area contributed by atoms with E-state index in [1.807, 2.05) is 30.3 Å². The lowest BCUT2D eigenvalue weighted by atomic mass is 10.0. The summed E-state index contributed by atoms with van der Waals surface area (Å²) in [5.41, 5.74) is 8.10. The Balaban J connectivity index is 1.81. The smallest absolute Gasteiger partial charge is 0.253 e. The van der Waals surface area contributed by atoms with E-state index in [1.165, 1.54) is 12.8 Å². The first-order chi connectivity index (χ1) is 9.75. The number of anilines is 1. The minimum atomic E-state index is -0.0937. The van der Waals surface area contributed by atoms with Crippen molar-refractivity contribution in [3.63, 3.8) is 0 Å². The van der Waals surface area contributed by atoms with Gasteiger partial charge in [-0.2, -0.15) is 0 Å². The first-order valence-electron chi connectivity index (χ1n) is 6.96. The number of nitrogens with one attached hydrogen (secondary N) is 1. The molecule has 1 aliphatic rings. The van der Waals surface area contributed by atoms with Crippen LogP contribution < -0.4 is 11.1 Å². The number of hydrogen-bond acceptors (Lipinski definition) is 2. The summed E-state index contributed by atoms with van der Waals surface area (Å²) in [6.07, 6.45) is 2.34. The van der Waals surface area contributed by atoms with E-state index in [4.69, 9.17) is 5.73 Å². The topological polar surface area (TPSA) is 55.1 Å². The van der Waals surface area contributed by atoms with Gasteiger partial charge in [-0.25, -0.2) is 0 Å². The van der Waals surface area contributed by atoms with Gasteiger partial charge >= 0.3 is 0 Å². The summed E-state index contributed by atoms with van der Waals surface area (Å²) in [5.74, 6) is 0.454. The Morgan fingerprint density at radius 1 is 1.05 bits per heavy atom. The lowest BCUT2D eigenvalue weighted by molar-refractivity contribution is 0.0932. The van der Waals surface area contributed by atoms with Crippen LogP contribution in [0.15, 0.2) is 54.6 Å². The summed E-state index contributed by atoms with van der Waals surface area (Å²) in [5, 5.41) is 3.13. The van der Waals surface area contributed by atoms with Crippen LogP contribution >= 0.6 is 0 Å². The fourth-order valence-electron chi connectivity index (χ4n) is 2.49. The molecule has 0 radical (unpaired) electrons. The summed E-state index contributed by atoms with van der Waals surface area (Å²) < 4.78 is 0. The lowest BCUT2D eigenvalue weighted by Gasteiger charge is -2.19. The molecule has 1 amide bonds. The highest BCUT2D eigenvalue weighted by Crippen LogP contribution is 2.41. The zero-order valence-corrected chi connectivity index (χ0v) is 11.3.